The van der Waals surface area contributed by atoms with Gasteiger partial charge in [0.1, 0.15) is 5.82 Å². The van der Waals surface area contributed by atoms with Crippen LogP contribution in [0.15, 0.2) is 60.7 Å². The van der Waals surface area contributed by atoms with Gasteiger partial charge in [0.2, 0.25) is 0 Å². The SMILES string of the molecule is Cc1ccc(Cn2c(CNC(=O)c3ccc(F)c(F)c3F)nc3ccccc32)cc1. The summed E-state index contributed by atoms with van der Waals surface area (Å²) < 4.78 is 42.4. The molecule has 0 atom stereocenters. The molecule has 0 fully saturated rings. The second-order valence-electron chi connectivity index (χ2n) is 6.99. The predicted octanol–water partition coefficient (Wildman–Crippen LogP) is 4.74. The van der Waals surface area contributed by atoms with Crippen LogP contribution in [0.5, 0.6) is 0 Å². The van der Waals surface area contributed by atoms with Crippen molar-refractivity contribution in [3.05, 3.63) is 101 Å². The van der Waals surface area contributed by atoms with Gasteiger partial charge in [0.15, 0.2) is 17.5 Å². The van der Waals surface area contributed by atoms with Crippen LogP contribution in [0.2, 0.25) is 0 Å². The Bertz CT molecular complexity index is 1230. The molecule has 1 amide bonds. The fraction of sp³-hybridized carbons (Fsp3) is 0.130. The Labute approximate surface area is 171 Å². The lowest BCUT2D eigenvalue weighted by Gasteiger charge is -2.11. The number of carbonyl (C=O) groups is 1. The van der Waals surface area contributed by atoms with Crippen molar-refractivity contribution in [1.82, 2.24) is 14.9 Å². The summed E-state index contributed by atoms with van der Waals surface area (Å²) in [6.45, 7) is 2.54. The van der Waals surface area contributed by atoms with E-state index >= 15 is 0 Å². The summed E-state index contributed by atoms with van der Waals surface area (Å²) in [6, 6.07) is 17.3. The van der Waals surface area contributed by atoms with E-state index < -0.39 is 28.9 Å². The van der Waals surface area contributed by atoms with Crippen LogP contribution >= 0.6 is 0 Å². The molecular weight excluding hydrogens is 391 g/mol. The molecule has 4 nitrogen and oxygen atoms in total. The van der Waals surface area contributed by atoms with E-state index in [4.69, 9.17) is 0 Å². The molecule has 0 saturated heterocycles. The molecule has 7 heteroatoms. The average Bonchev–Trinajstić information content (AvgIpc) is 3.09. The van der Waals surface area contributed by atoms with Crippen LogP contribution < -0.4 is 5.32 Å². The third-order valence-corrected chi connectivity index (χ3v) is 4.88. The Kier molecular flexibility index (Phi) is 5.27. The number of hydrogen-bond acceptors (Lipinski definition) is 2. The number of nitrogens with one attached hydrogen (secondary N) is 1. The highest BCUT2D eigenvalue weighted by atomic mass is 19.2. The molecule has 0 spiro atoms. The standard InChI is InChI=1S/C23H18F3N3O/c1-14-6-8-15(9-7-14)13-29-19-5-3-2-4-18(19)28-20(29)12-27-23(30)16-10-11-17(24)22(26)21(16)25/h2-11H,12-13H2,1H3,(H,27,30). The van der Waals surface area contributed by atoms with Gasteiger partial charge in [-0.1, -0.05) is 42.0 Å². The average molecular weight is 409 g/mol. The molecule has 0 saturated carbocycles. The molecule has 0 bridgehead atoms. The zero-order valence-electron chi connectivity index (χ0n) is 16.1. The Morgan fingerprint density at radius 2 is 1.70 bits per heavy atom. The number of halogens is 3. The first kappa shape index (κ1) is 19.7. The first-order chi connectivity index (χ1) is 14.4. The van der Waals surface area contributed by atoms with E-state index in [2.05, 4.69) is 10.3 Å². The molecular formula is C23H18F3N3O. The van der Waals surface area contributed by atoms with Crippen molar-refractivity contribution >= 4 is 16.9 Å². The van der Waals surface area contributed by atoms with Crippen LogP contribution in [-0.2, 0) is 13.1 Å². The van der Waals surface area contributed by atoms with Gasteiger partial charge in [0.25, 0.3) is 5.91 Å². The minimum absolute atomic E-state index is 0.00217. The fourth-order valence-electron chi connectivity index (χ4n) is 3.27. The number of amides is 1. The summed E-state index contributed by atoms with van der Waals surface area (Å²) in [5.74, 6) is -4.81. The molecule has 0 unspecified atom stereocenters. The van der Waals surface area contributed by atoms with Gasteiger partial charge in [-0.25, -0.2) is 18.2 Å². The molecule has 1 heterocycles. The number of hydrogen-bond donors (Lipinski definition) is 1. The van der Waals surface area contributed by atoms with Crippen molar-refractivity contribution in [2.75, 3.05) is 0 Å². The van der Waals surface area contributed by atoms with Crippen LogP contribution in [-0.4, -0.2) is 15.5 Å². The van der Waals surface area contributed by atoms with Gasteiger partial charge in [0, 0.05) is 6.54 Å². The monoisotopic (exact) mass is 409 g/mol. The molecule has 4 aromatic rings. The van der Waals surface area contributed by atoms with Crippen molar-refractivity contribution in [1.29, 1.82) is 0 Å². The molecule has 4 rings (SSSR count). The first-order valence-corrected chi connectivity index (χ1v) is 9.35. The highest BCUT2D eigenvalue weighted by Gasteiger charge is 2.19. The second-order valence-corrected chi connectivity index (χ2v) is 6.99. The normalized spacial score (nSPS) is 11.1. The molecule has 0 radical (unpaired) electrons. The molecule has 1 aromatic heterocycles. The smallest absolute Gasteiger partial charge is 0.254 e. The van der Waals surface area contributed by atoms with E-state index in [0.29, 0.717) is 12.4 Å². The number of carbonyl (C=O) groups excluding carboxylic acids is 1. The summed E-state index contributed by atoms with van der Waals surface area (Å²) in [5.41, 5.74) is 3.29. The van der Waals surface area contributed by atoms with Crippen LogP contribution in [0.3, 0.4) is 0 Å². The number of para-hydroxylation sites is 2. The fourth-order valence-corrected chi connectivity index (χ4v) is 3.27. The van der Waals surface area contributed by atoms with Gasteiger partial charge in [-0.15, -0.1) is 0 Å². The molecule has 152 valence electrons. The van der Waals surface area contributed by atoms with Crippen LogP contribution in [0, 0.1) is 24.4 Å². The van der Waals surface area contributed by atoms with E-state index in [-0.39, 0.29) is 6.54 Å². The van der Waals surface area contributed by atoms with Gasteiger partial charge in [0.05, 0.1) is 23.1 Å². The van der Waals surface area contributed by atoms with E-state index in [1.165, 1.54) is 0 Å². The first-order valence-electron chi connectivity index (χ1n) is 9.35. The van der Waals surface area contributed by atoms with Crippen molar-refractivity contribution in [3.63, 3.8) is 0 Å². The maximum atomic E-state index is 13.9. The number of fused-ring (bicyclic) bond motifs is 1. The Morgan fingerprint density at radius 3 is 2.47 bits per heavy atom. The van der Waals surface area contributed by atoms with Crippen molar-refractivity contribution in [2.45, 2.75) is 20.0 Å². The molecule has 1 N–H and O–H groups in total. The minimum Gasteiger partial charge on any atom is -0.345 e. The van der Waals surface area contributed by atoms with E-state index in [0.717, 1.165) is 34.3 Å². The number of nitrogens with zero attached hydrogens (tertiary/aromatic N) is 2. The Hall–Kier alpha value is -3.61. The molecule has 0 aliphatic heterocycles. The van der Waals surface area contributed by atoms with Gasteiger partial charge < -0.3 is 9.88 Å². The minimum atomic E-state index is -1.67. The van der Waals surface area contributed by atoms with Crippen LogP contribution in [0.25, 0.3) is 11.0 Å². The molecule has 0 aliphatic carbocycles. The third-order valence-electron chi connectivity index (χ3n) is 4.88. The number of aromatic nitrogens is 2. The summed E-state index contributed by atoms with van der Waals surface area (Å²) in [6.07, 6.45) is 0. The molecule has 0 aliphatic rings. The van der Waals surface area contributed by atoms with Crippen LogP contribution in [0.1, 0.15) is 27.3 Å². The molecule has 30 heavy (non-hydrogen) atoms. The zero-order chi connectivity index (χ0) is 21.3. The van der Waals surface area contributed by atoms with E-state index in [1.807, 2.05) is 60.0 Å². The lowest BCUT2D eigenvalue weighted by molar-refractivity contribution is 0.0944. The Balaban J connectivity index is 1.62. The second kappa shape index (κ2) is 8.02. The van der Waals surface area contributed by atoms with Gasteiger partial charge >= 0.3 is 0 Å². The summed E-state index contributed by atoms with van der Waals surface area (Å²) in [7, 11) is 0. The predicted molar refractivity (Wildman–Crippen MR) is 108 cm³/mol. The maximum Gasteiger partial charge on any atom is 0.254 e. The topological polar surface area (TPSA) is 46.9 Å². The van der Waals surface area contributed by atoms with Crippen molar-refractivity contribution in [3.8, 4) is 0 Å². The maximum absolute atomic E-state index is 13.9. The number of imidazole rings is 1. The number of aryl methyl sites for hydroxylation is 1. The summed E-state index contributed by atoms with van der Waals surface area (Å²) in [5, 5.41) is 2.55. The lowest BCUT2D eigenvalue weighted by Crippen LogP contribution is -2.26. The Morgan fingerprint density at radius 1 is 0.967 bits per heavy atom. The zero-order valence-corrected chi connectivity index (χ0v) is 16.1. The highest BCUT2D eigenvalue weighted by molar-refractivity contribution is 5.94. The van der Waals surface area contributed by atoms with Gasteiger partial charge in [-0.05, 0) is 36.8 Å². The number of benzene rings is 3. The highest BCUT2D eigenvalue weighted by Crippen LogP contribution is 2.19. The van der Waals surface area contributed by atoms with Crippen molar-refractivity contribution in [2.24, 2.45) is 0 Å². The quantitative estimate of drug-likeness (QED) is 0.484. The number of rotatable bonds is 5. The van der Waals surface area contributed by atoms with Crippen LogP contribution in [0.4, 0.5) is 13.2 Å². The lowest BCUT2D eigenvalue weighted by atomic mass is 10.1. The summed E-state index contributed by atoms with van der Waals surface area (Å²) in [4.78, 5) is 16.9. The van der Waals surface area contributed by atoms with Crippen molar-refractivity contribution < 1.29 is 18.0 Å². The van der Waals surface area contributed by atoms with Gasteiger partial charge in [-0.3, -0.25) is 4.79 Å². The molecule has 3 aromatic carbocycles. The van der Waals surface area contributed by atoms with Gasteiger partial charge in [-0.2, -0.15) is 0 Å². The summed E-state index contributed by atoms with van der Waals surface area (Å²) >= 11 is 0. The van der Waals surface area contributed by atoms with E-state index in [1.54, 1.807) is 0 Å². The van der Waals surface area contributed by atoms with E-state index in [9.17, 15) is 18.0 Å². The largest absolute Gasteiger partial charge is 0.345 e. The third kappa shape index (κ3) is 3.78.